The highest BCUT2D eigenvalue weighted by Crippen LogP contribution is 2.54. The van der Waals surface area contributed by atoms with E-state index in [1.807, 2.05) is 13.8 Å². The molecule has 2 heteroatoms. The molecule has 0 aromatic rings. The van der Waals surface area contributed by atoms with Crippen LogP contribution in [0, 0.1) is 5.41 Å². The molecule has 0 aromatic heterocycles. The highest BCUT2D eigenvalue weighted by Gasteiger charge is 2.59. The van der Waals surface area contributed by atoms with Gasteiger partial charge in [-0.25, -0.2) is 0 Å². The number of aliphatic hydroxyl groups is 2. The van der Waals surface area contributed by atoms with E-state index in [2.05, 4.69) is 0 Å². The molecular formula is C6H12O2. The van der Waals surface area contributed by atoms with Gasteiger partial charge >= 0.3 is 0 Å². The summed E-state index contributed by atoms with van der Waals surface area (Å²) in [6.45, 7) is 3.80. The van der Waals surface area contributed by atoms with Crippen LogP contribution in [0.3, 0.4) is 0 Å². The molecule has 0 aromatic carbocycles. The van der Waals surface area contributed by atoms with Crippen LogP contribution in [0.1, 0.15) is 20.3 Å². The maximum atomic E-state index is 9.22. The van der Waals surface area contributed by atoms with Crippen molar-refractivity contribution in [2.75, 3.05) is 6.61 Å². The Hall–Kier alpha value is -0.0800. The molecule has 0 spiro atoms. The molecule has 1 aliphatic carbocycles. The first kappa shape index (κ1) is 6.05. The van der Waals surface area contributed by atoms with Crippen LogP contribution in [-0.4, -0.2) is 22.4 Å². The van der Waals surface area contributed by atoms with Crippen molar-refractivity contribution in [2.45, 2.75) is 25.9 Å². The minimum Gasteiger partial charge on any atom is -0.393 e. The molecule has 1 fully saturated rings. The Morgan fingerprint density at radius 2 is 1.88 bits per heavy atom. The maximum absolute atomic E-state index is 9.22. The quantitative estimate of drug-likeness (QED) is 0.511. The van der Waals surface area contributed by atoms with Crippen molar-refractivity contribution in [3.8, 4) is 0 Å². The van der Waals surface area contributed by atoms with E-state index < -0.39 is 5.60 Å². The molecule has 1 atom stereocenters. The van der Waals surface area contributed by atoms with Crippen LogP contribution < -0.4 is 0 Å². The van der Waals surface area contributed by atoms with E-state index in [4.69, 9.17) is 5.11 Å². The molecule has 0 heterocycles. The molecule has 1 saturated carbocycles. The standard InChI is InChI=1S/C6H12O2/c1-5(2)3-6(5,8)4-7/h7-8H,3-4H2,1-2H3. The van der Waals surface area contributed by atoms with E-state index in [1.54, 1.807) is 0 Å². The van der Waals surface area contributed by atoms with Gasteiger partial charge in [-0.2, -0.15) is 0 Å². The van der Waals surface area contributed by atoms with Crippen LogP contribution in [-0.2, 0) is 0 Å². The van der Waals surface area contributed by atoms with Crippen LogP contribution in [0.4, 0.5) is 0 Å². The Morgan fingerprint density at radius 3 is 1.88 bits per heavy atom. The summed E-state index contributed by atoms with van der Waals surface area (Å²) in [6, 6.07) is 0. The van der Waals surface area contributed by atoms with Gasteiger partial charge in [0, 0.05) is 0 Å². The largest absolute Gasteiger partial charge is 0.393 e. The van der Waals surface area contributed by atoms with Gasteiger partial charge in [0.1, 0.15) is 0 Å². The van der Waals surface area contributed by atoms with E-state index in [-0.39, 0.29) is 12.0 Å². The van der Waals surface area contributed by atoms with Crippen molar-refractivity contribution in [3.05, 3.63) is 0 Å². The Labute approximate surface area is 49.1 Å². The summed E-state index contributed by atoms with van der Waals surface area (Å²) in [7, 11) is 0. The molecule has 1 rings (SSSR count). The minimum atomic E-state index is -0.757. The minimum absolute atomic E-state index is 0.0399. The van der Waals surface area contributed by atoms with Crippen LogP contribution in [0.25, 0.3) is 0 Å². The molecule has 1 aliphatic rings. The molecule has 2 N–H and O–H groups in total. The summed E-state index contributed by atoms with van der Waals surface area (Å²) >= 11 is 0. The second-order valence-corrected chi connectivity index (χ2v) is 3.25. The van der Waals surface area contributed by atoms with Gasteiger partial charge < -0.3 is 10.2 Å². The molecule has 0 bridgehead atoms. The van der Waals surface area contributed by atoms with Crippen molar-refractivity contribution in [3.63, 3.8) is 0 Å². The summed E-state index contributed by atoms with van der Waals surface area (Å²) in [4.78, 5) is 0. The van der Waals surface area contributed by atoms with Gasteiger partial charge in [-0.1, -0.05) is 13.8 Å². The monoisotopic (exact) mass is 116 g/mol. The Balaban J connectivity index is 2.55. The number of hydrogen-bond donors (Lipinski definition) is 2. The molecule has 0 radical (unpaired) electrons. The van der Waals surface area contributed by atoms with E-state index in [0.29, 0.717) is 0 Å². The molecule has 1 unspecified atom stereocenters. The average Bonchev–Trinajstić information content (AvgIpc) is 2.10. The van der Waals surface area contributed by atoms with E-state index >= 15 is 0 Å². The van der Waals surface area contributed by atoms with Gasteiger partial charge in [-0.3, -0.25) is 0 Å². The first-order chi connectivity index (χ1) is 3.52. The predicted octanol–water partition coefficient (Wildman–Crippen LogP) is 0.140. The van der Waals surface area contributed by atoms with Gasteiger partial charge in [0.05, 0.1) is 12.2 Å². The topological polar surface area (TPSA) is 40.5 Å². The molecular weight excluding hydrogens is 104 g/mol. The van der Waals surface area contributed by atoms with Crippen molar-refractivity contribution in [1.82, 2.24) is 0 Å². The fourth-order valence-corrected chi connectivity index (χ4v) is 0.957. The summed E-state index contributed by atoms with van der Waals surface area (Å²) < 4.78 is 0. The zero-order valence-electron chi connectivity index (χ0n) is 5.31. The number of hydrogen-bond acceptors (Lipinski definition) is 2. The fraction of sp³-hybridized carbons (Fsp3) is 1.00. The Bertz CT molecular complexity index is 109. The Morgan fingerprint density at radius 1 is 1.50 bits per heavy atom. The lowest BCUT2D eigenvalue weighted by molar-refractivity contribution is 0.0437. The van der Waals surface area contributed by atoms with E-state index in [1.165, 1.54) is 0 Å². The first-order valence-corrected chi connectivity index (χ1v) is 2.85. The third-order valence-corrected chi connectivity index (χ3v) is 2.13. The predicted molar refractivity (Wildman–Crippen MR) is 30.4 cm³/mol. The molecule has 0 amide bonds. The second-order valence-electron chi connectivity index (χ2n) is 3.25. The van der Waals surface area contributed by atoms with Crippen LogP contribution in [0.2, 0.25) is 0 Å². The smallest absolute Gasteiger partial charge is 0.0935 e. The van der Waals surface area contributed by atoms with Crippen LogP contribution in [0.5, 0.6) is 0 Å². The molecule has 0 saturated heterocycles. The van der Waals surface area contributed by atoms with Gasteiger partial charge in [0.15, 0.2) is 0 Å². The number of rotatable bonds is 1. The lowest BCUT2D eigenvalue weighted by atomic mass is 10.1. The van der Waals surface area contributed by atoms with Gasteiger partial charge in [-0.15, -0.1) is 0 Å². The van der Waals surface area contributed by atoms with E-state index in [0.717, 1.165) is 6.42 Å². The Kier molecular flexibility index (Phi) is 0.946. The maximum Gasteiger partial charge on any atom is 0.0935 e. The third-order valence-electron chi connectivity index (χ3n) is 2.13. The van der Waals surface area contributed by atoms with Gasteiger partial charge in [0.25, 0.3) is 0 Å². The highest BCUT2D eigenvalue weighted by molar-refractivity contribution is 5.10. The lowest BCUT2D eigenvalue weighted by Gasteiger charge is -2.07. The van der Waals surface area contributed by atoms with Crippen molar-refractivity contribution < 1.29 is 10.2 Å². The zero-order valence-corrected chi connectivity index (χ0v) is 5.31. The zero-order chi connectivity index (χ0) is 6.41. The van der Waals surface area contributed by atoms with Gasteiger partial charge in [-0.05, 0) is 11.8 Å². The lowest BCUT2D eigenvalue weighted by Crippen LogP contribution is -2.20. The molecule has 0 aliphatic heterocycles. The number of aliphatic hydroxyl groups excluding tert-OH is 1. The highest BCUT2D eigenvalue weighted by atomic mass is 16.3. The second kappa shape index (κ2) is 1.25. The van der Waals surface area contributed by atoms with Crippen LogP contribution >= 0.6 is 0 Å². The fourth-order valence-electron chi connectivity index (χ4n) is 0.957. The van der Waals surface area contributed by atoms with E-state index in [9.17, 15) is 5.11 Å². The van der Waals surface area contributed by atoms with Gasteiger partial charge in [0.2, 0.25) is 0 Å². The summed E-state index contributed by atoms with van der Waals surface area (Å²) in [5.74, 6) is 0. The summed E-state index contributed by atoms with van der Waals surface area (Å²) in [6.07, 6.45) is 0.733. The summed E-state index contributed by atoms with van der Waals surface area (Å²) in [5, 5.41) is 17.8. The molecule has 8 heavy (non-hydrogen) atoms. The normalized spacial score (nSPS) is 42.0. The van der Waals surface area contributed by atoms with Crippen molar-refractivity contribution in [2.24, 2.45) is 5.41 Å². The van der Waals surface area contributed by atoms with Crippen LogP contribution in [0.15, 0.2) is 0 Å². The molecule has 2 nitrogen and oxygen atoms in total. The average molecular weight is 116 g/mol. The van der Waals surface area contributed by atoms with Crippen molar-refractivity contribution >= 4 is 0 Å². The molecule has 48 valence electrons. The SMILES string of the molecule is CC1(C)CC1(O)CO. The third kappa shape index (κ3) is 0.565. The summed E-state index contributed by atoms with van der Waals surface area (Å²) in [5.41, 5.74) is -0.797. The van der Waals surface area contributed by atoms with Crippen molar-refractivity contribution in [1.29, 1.82) is 0 Å². The first-order valence-electron chi connectivity index (χ1n) is 2.85.